The van der Waals surface area contributed by atoms with Crippen molar-refractivity contribution in [1.82, 2.24) is 0 Å². The van der Waals surface area contributed by atoms with E-state index in [-0.39, 0.29) is 5.97 Å². The molecule has 1 aromatic carbocycles. The van der Waals surface area contributed by atoms with E-state index in [1.165, 1.54) is 43.4 Å². The van der Waals surface area contributed by atoms with Crippen molar-refractivity contribution in [3.8, 4) is 0 Å². The van der Waals surface area contributed by atoms with E-state index in [4.69, 9.17) is 4.43 Å². The molecule has 1 aromatic rings. The molecule has 0 amide bonds. The minimum Gasteiger partial charge on any atom is -0.509 e. The Balaban J connectivity index is 2.16. The van der Waals surface area contributed by atoms with Gasteiger partial charge in [0.25, 0.3) is 0 Å². The molecular formula is C15H19O2Si. The van der Waals surface area contributed by atoms with Crippen LogP contribution in [0.3, 0.4) is 0 Å². The Kier molecular flexibility index (Phi) is 4.76. The van der Waals surface area contributed by atoms with Crippen LogP contribution in [0.15, 0.2) is 43.0 Å². The molecule has 0 heterocycles. The van der Waals surface area contributed by atoms with E-state index in [0.717, 1.165) is 0 Å². The van der Waals surface area contributed by atoms with E-state index < -0.39 is 9.04 Å². The average molecular weight is 259 g/mol. The molecule has 0 aliphatic heterocycles. The summed E-state index contributed by atoms with van der Waals surface area (Å²) in [5.74, 6) is -0.279. The van der Waals surface area contributed by atoms with Crippen LogP contribution in [-0.4, -0.2) is 15.0 Å². The summed E-state index contributed by atoms with van der Waals surface area (Å²) in [5.41, 5.74) is 0.551. The lowest BCUT2D eigenvalue weighted by atomic mass is 10.0. The van der Waals surface area contributed by atoms with Gasteiger partial charge in [-0.2, -0.15) is 0 Å². The second-order valence-electron chi connectivity index (χ2n) is 4.69. The molecule has 0 N–H and O–H groups in total. The normalized spacial score (nSPS) is 16.5. The first kappa shape index (κ1) is 13.1. The first-order valence-electron chi connectivity index (χ1n) is 6.58. The molecule has 0 saturated heterocycles. The Morgan fingerprint density at radius 3 is 2.50 bits per heavy atom. The maximum atomic E-state index is 11.5. The highest BCUT2D eigenvalue weighted by Gasteiger charge is 2.31. The van der Waals surface area contributed by atoms with Crippen molar-refractivity contribution in [2.24, 2.45) is 0 Å². The van der Waals surface area contributed by atoms with E-state index in [0.29, 0.717) is 5.54 Å². The molecule has 18 heavy (non-hydrogen) atoms. The Labute approximate surface area is 110 Å². The van der Waals surface area contributed by atoms with Gasteiger partial charge < -0.3 is 4.43 Å². The minimum atomic E-state index is -1.25. The molecule has 1 aliphatic rings. The standard InChI is InChI=1S/C15H19O2Si/c1-2-15(16)17-18(13-9-5-3-6-10-13)14-11-7-4-8-12-14/h2-3,5-6,9-10,14H,1,4,7-8,11-12H2. The van der Waals surface area contributed by atoms with Crippen molar-refractivity contribution in [1.29, 1.82) is 0 Å². The highest BCUT2D eigenvalue weighted by molar-refractivity contribution is 6.70. The fourth-order valence-electron chi connectivity index (χ4n) is 2.50. The Bertz CT molecular complexity index is 396. The topological polar surface area (TPSA) is 26.3 Å². The van der Waals surface area contributed by atoms with Gasteiger partial charge >= 0.3 is 15.0 Å². The number of carbonyl (C=O) groups excluding carboxylic acids is 1. The summed E-state index contributed by atoms with van der Waals surface area (Å²) in [6.07, 6.45) is 7.49. The van der Waals surface area contributed by atoms with E-state index in [9.17, 15) is 4.79 Å². The second-order valence-corrected chi connectivity index (χ2v) is 7.02. The van der Waals surface area contributed by atoms with Crippen LogP contribution in [0.5, 0.6) is 0 Å². The Morgan fingerprint density at radius 2 is 1.89 bits per heavy atom. The summed E-state index contributed by atoms with van der Waals surface area (Å²) in [5, 5.41) is 1.20. The maximum Gasteiger partial charge on any atom is 0.324 e. The summed E-state index contributed by atoms with van der Waals surface area (Å²) in [7, 11) is -1.25. The largest absolute Gasteiger partial charge is 0.509 e. The molecule has 95 valence electrons. The maximum absolute atomic E-state index is 11.5. The van der Waals surface area contributed by atoms with Gasteiger partial charge in [-0.25, -0.2) is 4.79 Å². The summed E-state index contributed by atoms with van der Waals surface area (Å²) in [6, 6.07) is 10.2. The van der Waals surface area contributed by atoms with Gasteiger partial charge in [-0.1, -0.05) is 56.2 Å². The monoisotopic (exact) mass is 259 g/mol. The lowest BCUT2D eigenvalue weighted by Crippen LogP contribution is -2.40. The predicted molar refractivity (Wildman–Crippen MR) is 75.0 cm³/mol. The van der Waals surface area contributed by atoms with Crippen LogP contribution in [0, 0.1) is 0 Å². The van der Waals surface area contributed by atoms with Crippen LogP contribution < -0.4 is 5.19 Å². The van der Waals surface area contributed by atoms with Crippen LogP contribution in [0.2, 0.25) is 5.54 Å². The second kappa shape index (κ2) is 6.54. The molecular weight excluding hydrogens is 240 g/mol. The third-order valence-corrected chi connectivity index (χ3v) is 6.05. The van der Waals surface area contributed by atoms with Crippen molar-refractivity contribution in [3.05, 3.63) is 43.0 Å². The zero-order valence-corrected chi connectivity index (χ0v) is 11.6. The number of hydrogen-bond acceptors (Lipinski definition) is 2. The van der Waals surface area contributed by atoms with Crippen molar-refractivity contribution < 1.29 is 9.22 Å². The molecule has 0 atom stereocenters. The molecule has 1 saturated carbocycles. The first-order valence-corrected chi connectivity index (χ1v) is 8.06. The van der Waals surface area contributed by atoms with Gasteiger partial charge in [0.1, 0.15) is 0 Å². The molecule has 0 bridgehead atoms. The fourth-order valence-corrected chi connectivity index (χ4v) is 5.00. The zero-order valence-electron chi connectivity index (χ0n) is 10.6. The van der Waals surface area contributed by atoms with Gasteiger partial charge in [-0.05, 0) is 23.6 Å². The fraction of sp³-hybridized carbons (Fsp3) is 0.400. The van der Waals surface area contributed by atoms with Gasteiger partial charge in [-0.3, -0.25) is 0 Å². The number of rotatable bonds is 4. The summed E-state index contributed by atoms with van der Waals surface area (Å²) in [4.78, 5) is 11.5. The van der Waals surface area contributed by atoms with Crippen LogP contribution in [0.1, 0.15) is 32.1 Å². The highest BCUT2D eigenvalue weighted by atomic mass is 28.3. The zero-order chi connectivity index (χ0) is 12.8. The van der Waals surface area contributed by atoms with Crippen molar-refractivity contribution in [2.75, 3.05) is 0 Å². The average Bonchev–Trinajstić information content (AvgIpc) is 2.46. The lowest BCUT2D eigenvalue weighted by molar-refractivity contribution is -0.129. The third-order valence-electron chi connectivity index (χ3n) is 3.41. The molecule has 3 heteroatoms. The molecule has 0 aromatic heterocycles. The number of hydrogen-bond donors (Lipinski definition) is 0. The van der Waals surface area contributed by atoms with E-state index in [2.05, 4.69) is 18.7 Å². The molecule has 2 nitrogen and oxygen atoms in total. The summed E-state index contributed by atoms with van der Waals surface area (Å²) in [6.45, 7) is 3.49. The highest BCUT2D eigenvalue weighted by Crippen LogP contribution is 2.31. The van der Waals surface area contributed by atoms with Crippen molar-refractivity contribution in [2.45, 2.75) is 37.6 Å². The van der Waals surface area contributed by atoms with Gasteiger partial charge in [0.15, 0.2) is 0 Å². The van der Waals surface area contributed by atoms with E-state index >= 15 is 0 Å². The van der Waals surface area contributed by atoms with Crippen molar-refractivity contribution in [3.63, 3.8) is 0 Å². The predicted octanol–water partition coefficient (Wildman–Crippen LogP) is 2.95. The van der Waals surface area contributed by atoms with Gasteiger partial charge in [0.05, 0.1) is 0 Å². The summed E-state index contributed by atoms with van der Waals surface area (Å²) >= 11 is 0. The van der Waals surface area contributed by atoms with Crippen LogP contribution in [-0.2, 0) is 9.22 Å². The van der Waals surface area contributed by atoms with Gasteiger partial charge in [0.2, 0.25) is 0 Å². The smallest absolute Gasteiger partial charge is 0.324 e. The molecule has 0 unspecified atom stereocenters. The van der Waals surface area contributed by atoms with E-state index in [1.54, 1.807) is 0 Å². The van der Waals surface area contributed by atoms with Gasteiger partial charge in [-0.15, -0.1) is 0 Å². The quantitative estimate of drug-likeness (QED) is 0.614. The SMILES string of the molecule is C=CC(=O)O[Si](c1ccccc1)C1CCCCC1. The number of carbonyl (C=O) groups is 1. The third kappa shape index (κ3) is 3.32. The van der Waals surface area contributed by atoms with Crippen LogP contribution in [0.4, 0.5) is 0 Å². The van der Waals surface area contributed by atoms with Gasteiger partial charge in [0, 0.05) is 6.08 Å². The first-order chi connectivity index (χ1) is 8.81. The Morgan fingerprint density at radius 1 is 1.22 bits per heavy atom. The molecule has 1 fully saturated rings. The Hall–Kier alpha value is -1.35. The van der Waals surface area contributed by atoms with Crippen LogP contribution >= 0.6 is 0 Å². The minimum absolute atomic E-state index is 0.279. The molecule has 1 aliphatic carbocycles. The molecule has 0 spiro atoms. The molecule has 1 radical (unpaired) electrons. The van der Waals surface area contributed by atoms with Crippen molar-refractivity contribution >= 4 is 20.2 Å². The van der Waals surface area contributed by atoms with Crippen LogP contribution in [0.25, 0.3) is 0 Å². The van der Waals surface area contributed by atoms with E-state index in [1.807, 2.05) is 18.2 Å². The number of benzene rings is 1. The summed E-state index contributed by atoms with van der Waals surface area (Å²) < 4.78 is 5.67. The lowest BCUT2D eigenvalue weighted by Gasteiger charge is -2.27. The molecule has 2 rings (SSSR count).